The highest BCUT2D eigenvalue weighted by molar-refractivity contribution is 5.32. The standard InChI is InChI=1S/C13H20N4O/c14-12-1-4-17(9-12)13-15-7-11(8-16-13)10-2-5-18-6-3-10/h7-8,10,12H,1-6,9,14H2. The molecule has 18 heavy (non-hydrogen) atoms. The maximum atomic E-state index is 5.90. The van der Waals surface area contributed by atoms with Crippen LogP contribution in [0, 0.1) is 0 Å². The zero-order valence-electron chi connectivity index (χ0n) is 10.6. The van der Waals surface area contributed by atoms with E-state index in [-0.39, 0.29) is 6.04 Å². The van der Waals surface area contributed by atoms with Crippen LogP contribution in [0.4, 0.5) is 5.95 Å². The van der Waals surface area contributed by atoms with Gasteiger partial charge in [0.15, 0.2) is 0 Å². The van der Waals surface area contributed by atoms with Crippen LogP contribution in [0.2, 0.25) is 0 Å². The second kappa shape index (κ2) is 5.20. The van der Waals surface area contributed by atoms with Crippen molar-refractivity contribution in [1.29, 1.82) is 0 Å². The summed E-state index contributed by atoms with van der Waals surface area (Å²) in [5.41, 5.74) is 7.14. The van der Waals surface area contributed by atoms with E-state index >= 15 is 0 Å². The van der Waals surface area contributed by atoms with Crippen LogP contribution >= 0.6 is 0 Å². The van der Waals surface area contributed by atoms with Gasteiger partial charge in [-0.05, 0) is 30.7 Å². The molecule has 5 heteroatoms. The predicted octanol–water partition coefficient (Wildman–Crippen LogP) is 0.908. The second-order valence-electron chi connectivity index (χ2n) is 5.20. The molecule has 0 bridgehead atoms. The molecule has 1 unspecified atom stereocenters. The van der Waals surface area contributed by atoms with E-state index in [1.165, 1.54) is 5.56 Å². The van der Waals surface area contributed by atoms with Crippen molar-refractivity contribution in [3.05, 3.63) is 18.0 Å². The number of nitrogens with zero attached hydrogens (tertiary/aromatic N) is 3. The molecular formula is C13H20N4O. The first kappa shape index (κ1) is 11.9. The number of ether oxygens (including phenoxy) is 1. The highest BCUT2D eigenvalue weighted by Crippen LogP contribution is 2.26. The normalized spacial score (nSPS) is 25.6. The zero-order chi connectivity index (χ0) is 12.4. The Morgan fingerprint density at radius 1 is 1.17 bits per heavy atom. The number of hydrogen-bond acceptors (Lipinski definition) is 5. The minimum Gasteiger partial charge on any atom is -0.381 e. The Bertz CT molecular complexity index is 365. The van der Waals surface area contributed by atoms with Crippen molar-refractivity contribution in [1.82, 2.24) is 9.97 Å². The topological polar surface area (TPSA) is 64.3 Å². The molecule has 0 aliphatic carbocycles. The smallest absolute Gasteiger partial charge is 0.225 e. The van der Waals surface area contributed by atoms with E-state index in [4.69, 9.17) is 10.5 Å². The lowest BCUT2D eigenvalue weighted by Gasteiger charge is -2.22. The van der Waals surface area contributed by atoms with Crippen molar-refractivity contribution >= 4 is 5.95 Å². The average molecular weight is 248 g/mol. The Balaban J connectivity index is 1.68. The van der Waals surface area contributed by atoms with Crippen LogP contribution in [0.1, 0.15) is 30.7 Å². The van der Waals surface area contributed by atoms with Gasteiger partial charge in [-0.1, -0.05) is 0 Å². The zero-order valence-corrected chi connectivity index (χ0v) is 10.6. The monoisotopic (exact) mass is 248 g/mol. The van der Waals surface area contributed by atoms with Gasteiger partial charge in [0.05, 0.1) is 0 Å². The van der Waals surface area contributed by atoms with Crippen molar-refractivity contribution < 1.29 is 4.74 Å². The molecule has 0 spiro atoms. The van der Waals surface area contributed by atoms with Gasteiger partial charge in [-0.2, -0.15) is 0 Å². The summed E-state index contributed by atoms with van der Waals surface area (Å²) in [4.78, 5) is 11.1. The molecule has 0 aromatic carbocycles. The fraction of sp³-hybridized carbons (Fsp3) is 0.692. The molecule has 98 valence electrons. The number of nitrogens with two attached hydrogens (primary N) is 1. The lowest BCUT2D eigenvalue weighted by Crippen LogP contribution is -2.27. The van der Waals surface area contributed by atoms with E-state index in [2.05, 4.69) is 14.9 Å². The lowest BCUT2D eigenvalue weighted by molar-refractivity contribution is 0.0852. The highest BCUT2D eigenvalue weighted by atomic mass is 16.5. The Hall–Kier alpha value is -1.20. The van der Waals surface area contributed by atoms with Crippen molar-refractivity contribution in [2.24, 2.45) is 5.73 Å². The number of rotatable bonds is 2. The SMILES string of the molecule is NC1CCN(c2ncc(C3CCOCC3)cn2)C1. The Labute approximate surface area is 107 Å². The third-order valence-corrected chi connectivity index (χ3v) is 3.86. The molecule has 2 aliphatic heterocycles. The largest absolute Gasteiger partial charge is 0.381 e. The van der Waals surface area contributed by atoms with E-state index in [1.54, 1.807) is 0 Å². The Kier molecular flexibility index (Phi) is 3.43. The number of aromatic nitrogens is 2. The van der Waals surface area contributed by atoms with Crippen molar-refractivity contribution in [3.8, 4) is 0 Å². The van der Waals surface area contributed by atoms with Crippen molar-refractivity contribution in [2.75, 3.05) is 31.2 Å². The summed E-state index contributed by atoms with van der Waals surface area (Å²) in [5.74, 6) is 1.38. The van der Waals surface area contributed by atoms with Crippen LogP contribution in [0.25, 0.3) is 0 Å². The maximum Gasteiger partial charge on any atom is 0.225 e. The summed E-state index contributed by atoms with van der Waals surface area (Å²) in [6.07, 6.45) is 7.14. The van der Waals surface area contributed by atoms with Crippen LogP contribution in [-0.2, 0) is 4.74 Å². The molecule has 5 nitrogen and oxygen atoms in total. The van der Waals surface area contributed by atoms with E-state index < -0.39 is 0 Å². The first-order chi connectivity index (χ1) is 8.83. The predicted molar refractivity (Wildman–Crippen MR) is 69.6 cm³/mol. The van der Waals surface area contributed by atoms with Gasteiger partial charge in [0.2, 0.25) is 5.95 Å². The third kappa shape index (κ3) is 2.47. The van der Waals surface area contributed by atoms with Crippen LogP contribution < -0.4 is 10.6 Å². The Morgan fingerprint density at radius 2 is 1.89 bits per heavy atom. The van der Waals surface area contributed by atoms with Gasteiger partial charge in [-0.3, -0.25) is 0 Å². The van der Waals surface area contributed by atoms with E-state index in [9.17, 15) is 0 Å². The summed E-state index contributed by atoms with van der Waals surface area (Å²) in [7, 11) is 0. The molecule has 3 rings (SSSR count). The molecule has 0 radical (unpaired) electrons. The van der Waals surface area contributed by atoms with Crippen LogP contribution in [0.5, 0.6) is 0 Å². The molecule has 2 fully saturated rings. The maximum absolute atomic E-state index is 5.90. The van der Waals surface area contributed by atoms with Gasteiger partial charge in [0, 0.05) is 44.7 Å². The quantitative estimate of drug-likeness (QED) is 0.842. The van der Waals surface area contributed by atoms with E-state index in [0.29, 0.717) is 5.92 Å². The highest BCUT2D eigenvalue weighted by Gasteiger charge is 2.22. The van der Waals surface area contributed by atoms with E-state index in [1.807, 2.05) is 12.4 Å². The second-order valence-corrected chi connectivity index (χ2v) is 5.20. The average Bonchev–Trinajstić information content (AvgIpc) is 2.87. The van der Waals surface area contributed by atoms with Gasteiger partial charge in [0.25, 0.3) is 0 Å². The molecule has 2 N–H and O–H groups in total. The lowest BCUT2D eigenvalue weighted by atomic mass is 9.94. The number of hydrogen-bond donors (Lipinski definition) is 1. The molecule has 1 aromatic rings. The van der Waals surface area contributed by atoms with Crippen LogP contribution in [0.3, 0.4) is 0 Å². The van der Waals surface area contributed by atoms with Crippen LogP contribution in [-0.4, -0.2) is 42.3 Å². The fourth-order valence-electron chi connectivity index (χ4n) is 2.71. The molecular weight excluding hydrogens is 228 g/mol. The van der Waals surface area contributed by atoms with Crippen LogP contribution in [0.15, 0.2) is 12.4 Å². The molecule has 3 heterocycles. The van der Waals surface area contributed by atoms with Gasteiger partial charge in [-0.25, -0.2) is 9.97 Å². The molecule has 2 saturated heterocycles. The molecule has 0 saturated carbocycles. The molecule has 2 aliphatic rings. The summed E-state index contributed by atoms with van der Waals surface area (Å²) >= 11 is 0. The molecule has 0 amide bonds. The van der Waals surface area contributed by atoms with Gasteiger partial charge in [-0.15, -0.1) is 0 Å². The van der Waals surface area contributed by atoms with Gasteiger partial charge < -0.3 is 15.4 Å². The molecule has 1 atom stereocenters. The molecule has 1 aromatic heterocycles. The minimum absolute atomic E-state index is 0.267. The summed E-state index contributed by atoms with van der Waals surface area (Å²) in [6.45, 7) is 3.55. The van der Waals surface area contributed by atoms with Crippen molar-refractivity contribution in [2.45, 2.75) is 31.2 Å². The van der Waals surface area contributed by atoms with Gasteiger partial charge in [0.1, 0.15) is 0 Å². The summed E-state index contributed by atoms with van der Waals surface area (Å²) < 4.78 is 5.38. The van der Waals surface area contributed by atoms with Gasteiger partial charge >= 0.3 is 0 Å². The van der Waals surface area contributed by atoms with Crippen molar-refractivity contribution in [3.63, 3.8) is 0 Å². The third-order valence-electron chi connectivity index (χ3n) is 3.86. The summed E-state index contributed by atoms with van der Waals surface area (Å²) in [5, 5.41) is 0. The van der Waals surface area contributed by atoms with E-state index in [0.717, 1.165) is 51.5 Å². The summed E-state index contributed by atoms with van der Waals surface area (Å²) in [6, 6.07) is 0.267. The first-order valence-electron chi connectivity index (χ1n) is 6.73. The number of anilines is 1. The fourth-order valence-corrected chi connectivity index (χ4v) is 2.71. The minimum atomic E-state index is 0.267. The Morgan fingerprint density at radius 3 is 2.50 bits per heavy atom. The first-order valence-corrected chi connectivity index (χ1v) is 6.73.